The van der Waals surface area contributed by atoms with Gasteiger partial charge in [0.2, 0.25) is 0 Å². The van der Waals surface area contributed by atoms with Crippen molar-refractivity contribution in [3.63, 3.8) is 0 Å². The minimum absolute atomic E-state index is 1.02. The van der Waals surface area contributed by atoms with Gasteiger partial charge in [0.25, 0.3) is 0 Å². The number of rotatable bonds is 3. The first kappa shape index (κ1) is 15.3. The van der Waals surface area contributed by atoms with Crippen molar-refractivity contribution in [2.45, 2.75) is 6.92 Å². The molecule has 120 valence electrons. The summed E-state index contributed by atoms with van der Waals surface area (Å²) < 4.78 is 0. The topological polar surface area (TPSA) is 12.9 Å². The van der Waals surface area contributed by atoms with Crippen molar-refractivity contribution >= 4 is 0 Å². The van der Waals surface area contributed by atoms with Crippen LogP contribution in [-0.4, -0.2) is 4.98 Å². The predicted octanol–water partition coefficient (Wildman–Crippen LogP) is 6.39. The molecule has 1 aromatic heterocycles. The number of nitrogens with zero attached hydrogens (tertiary/aromatic N) is 1. The first-order chi connectivity index (χ1) is 12.3. The highest BCUT2D eigenvalue weighted by atomic mass is 14.7. The summed E-state index contributed by atoms with van der Waals surface area (Å²) >= 11 is 0. The molecule has 25 heavy (non-hydrogen) atoms. The summed E-state index contributed by atoms with van der Waals surface area (Å²) in [5, 5.41) is 0. The first-order valence-electron chi connectivity index (χ1n) is 8.50. The molecule has 0 aliphatic heterocycles. The lowest BCUT2D eigenvalue weighted by molar-refractivity contribution is 1.31. The van der Waals surface area contributed by atoms with Gasteiger partial charge < -0.3 is 0 Å². The van der Waals surface area contributed by atoms with Gasteiger partial charge in [-0.05, 0) is 46.9 Å². The number of hydrogen-bond donors (Lipinski definition) is 0. The Kier molecular flexibility index (Phi) is 4.14. The third-order valence-corrected chi connectivity index (χ3v) is 4.50. The molecule has 1 nitrogen and oxygen atoms in total. The van der Waals surface area contributed by atoms with Gasteiger partial charge in [0, 0.05) is 11.8 Å². The summed E-state index contributed by atoms with van der Waals surface area (Å²) in [6.45, 7) is 2.14. The third-order valence-electron chi connectivity index (χ3n) is 4.50. The van der Waals surface area contributed by atoms with E-state index in [0.29, 0.717) is 0 Å². The summed E-state index contributed by atoms with van der Waals surface area (Å²) in [6, 6.07) is 31.7. The number of hydrogen-bond acceptors (Lipinski definition) is 1. The average molecular weight is 321 g/mol. The SMILES string of the molecule is Cc1cccc(-c2ccc(-c3ccccc3)cc2)c1-c1ccccn1. The molecule has 0 atom stereocenters. The number of aromatic nitrogens is 1. The Morgan fingerprint density at radius 3 is 1.96 bits per heavy atom. The maximum Gasteiger partial charge on any atom is 0.0710 e. The summed E-state index contributed by atoms with van der Waals surface area (Å²) in [5.74, 6) is 0. The highest BCUT2D eigenvalue weighted by molar-refractivity contribution is 5.84. The maximum atomic E-state index is 4.56. The van der Waals surface area contributed by atoms with Crippen LogP contribution < -0.4 is 0 Å². The molecule has 0 spiro atoms. The molecule has 1 heteroatoms. The molecule has 4 aromatic rings. The Labute approximate surface area is 148 Å². The Balaban J connectivity index is 1.80. The minimum atomic E-state index is 1.02. The fourth-order valence-corrected chi connectivity index (χ4v) is 3.23. The van der Waals surface area contributed by atoms with Crippen LogP contribution in [-0.2, 0) is 0 Å². The number of benzene rings is 3. The Hall–Kier alpha value is -3.19. The lowest BCUT2D eigenvalue weighted by Crippen LogP contribution is -1.91. The molecule has 0 amide bonds. The molecule has 0 radical (unpaired) electrons. The fraction of sp³-hybridized carbons (Fsp3) is 0.0417. The first-order valence-corrected chi connectivity index (χ1v) is 8.50. The Morgan fingerprint density at radius 1 is 0.560 bits per heavy atom. The van der Waals surface area contributed by atoms with Crippen LogP contribution in [0, 0.1) is 6.92 Å². The highest BCUT2D eigenvalue weighted by Crippen LogP contribution is 2.34. The quantitative estimate of drug-likeness (QED) is 0.426. The second-order valence-corrected chi connectivity index (χ2v) is 6.16. The van der Waals surface area contributed by atoms with Crippen LogP contribution in [0.15, 0.2) is 97.2 Å². The molecular formula is C24H19N. The summed E-state index contributed by atoms with van der Waals surface area (Å²) in [6.07, 6.45) is 1.85. The van der Waals surface area contributed by atoms with Crippen LogP contribution in [0.3, 0.4) is 0 Å². The lowest BCUT2D eigenvalue weighted by atomic mass is 9.92. The second kappa shape index (κ2) is 6.74. The third kappa shape index (κ3) is 3.09. The second-order valence-electron chi connectivity index (χ2n) is 6.16. The fourth-order valence-electron chi connectivity index (χ4n) is 3.23. The van der Waals surface area contributed by atoms with Gasteiger partial charge in [-0.25, -0.2) is 0 Å². The van der Waals surface area contributed by atoms with E-state index in [1.54, 1.807) is 0 Å². The zero-order valence-electron chi connectivity index (χ0n) is 14.2. The highest BCUT2D eigenvalue weighted by Gasteiger charge is 2.11. The smallest absolute Gasteiger partial charge is 0.0710 e. The molecule has 0 aliphatic carbocycles. The van der Waals surface area contributed by atoms with Crippen LogP contribution in [0.5, 0.6) is 0 Å². The Bertz CT molecular complexity index is 971. The standard InChI is InChI=1S/C24H19N/c1-18-8-7-11-22(24(18)23-12-5-6-17-25-23)21-15-13-20(14-16-21)19-9-3-2-4-10-19/h2-17H,1H3. The number of aryl methyl sites for hydroxylation is 1. The van der Waals surface area contributed by atoms with Crippen LogP contribution in [0.25, 0.3) is 33.5 Å². The van der Waals surface area contributed by atoms with Gasteiger partial charge in [-0.2, -0.15) is 0 Å². The predicted molar refractivity (Wildman–Crippen MR) is 105 cm³/mol. The van der Waals surface area contributed by atoms with Crippen molar-refractivity contribution in [2.24, 2.45) is 0 Å². The van der Waals surface area contributed by atoms with E-state index in [0.717, 1.165) is 5.69 Å². The molecular weight excluding hydrogens is 302 g/mol. The molecule has 0 fully saturated rings. The van der Waals surface area contributed by atoms with Crippen LogP contribution >= 0.6 is 0 Å². The molecule has 0 N–H and O–H groups in total. The molecule has 4 rings (SSSR count). The summed E-state index contributed by atoms with van der Waals surface area (Å²) in [4.78, 5) is 4.56. The monoisotopic (exact) mass is 321 g/mol. The molecule has 0 saturated carbocycles. The van der Waals surface area contributed by atoms with E-state index in [9.17, 15) is 0 Å². The molecule has 3 aromatic carbocycles. The minimum Gasteiger partial charge on any atom is -0.256 e. The largest absolute Gasteiger partial charge is 0.256 e. The zero-order chi connectivity index (χ0) is 17.1. The van der Waals surface area contributed by atoms with Gasteiger partial charge in [0.15, 0.2) is 0 Å². The van der Waals surface area contributed by atoms with E-state index >= 15 is 0 Å². The normalized spacial score (nSPS) is 10.6. The van der Waals surface area contributed by atoms with E-state index in [1.807, 2.05) is 24.4 Å². The van der Waals surface area contributed by atoms with Gasteiger partial charge in [-0.1, -0.05) is 78.9 Å². The van der Waals surface area contributed by atoms with Crippen LogP contribution in [0.2, 0.25) is 0 Å². The number of pyridine rings is 1. The van der Waals surface area contributed by atoms with Gasteiger partial charge >= 0.3 is 0 Å². The van der Waals surface area contributed by atoms with Crippen molar-refractivity contribution in [2.75, 3.05) is 0 Å². The van der Waals surface area contributed by atoms with Crippen molar-refractivity contribution in [1.29, 1.82) is 0 Å². The van der Waals surface area contributed by atoms with Gasteiger partial charge in [-0.15, -0.1) is 0 Å². The van der Waals surface area contributed by atoms with E-state index in [2.05, 4.69) is 84.7 Å². The van der Waals surface area contributed by atoms with Crippen LogP contribution in [0.1, 0.15) is 5.56 Å². The van der Waals surface area contributed by atoms with Gasteiger partial charge in [0.05, 0.1) is 5.69 Å². The molecule has 0 bridgehead atoms. The van der Waals surface area contributed by atoms with Crippen molar-refractivity contribution in [1.82, 2.24) is 4.98 Å². The maximum absolute atomic E-state index is 4.56. The van der Waals surface area contributed by atoms with E-state index in [4.69, 9.17) is 0 Å². The van der Waals surface area contributed by atoms with Crippen LogP contribution in [0.4, 0.5) is 0 Å². The van der Waals surface area contributed by atoms with Crippen molar-refractivity contribution < 1.29 is 0 Å². The van der Waals surface area contributed by atoms with E-state index < -0.39 is 0 Å². The molecule has 1 heterocycles. The van der Waals surface area contributed by atoms with Crippen molar-refractivity contribution in [3.8, 4) is 33.5 Å². The molecule has 0 aliphatic rings. The summed E-state index contributed by atoms with van der Waals surface area (Å²) in [7, 11) is 0. The van der Waals surface area contributed by atoms with Gasteiger partial charge in [-0.3, -0.25) is 4.98 Å². The lowest BCUT2D eigenvalue weighted by Gasteiger charge is -2.13. The van der Waals surface area contributed by atoms with Gasteiger partial charge in [0.1, 0.15) is 0 Å². The van der Waals surface area contributed by atoms with Crippen molar-refractivity contribution in [3.05, 3.63) is 103 Å². The van der Waals surface area contributed by atoms with E-state index in [-0.39, 0.29) is 0 Å². The molecule has 0 saturated heterocycles. The summed E-state index contributed by atoms with van der Waals surface area (Å²) in [5.41, 5.74) is 8.36. The average Bonchev–Trinajstić information content (AvgIpc) is 2.69. The Morgan fingerprint density at radius 2 is 1.24 bits per heavy atom. The van der Waals surface area contributed by atoms with E-state index in [1.165, 1.54) is 33.4 Å². The zero-order valence-corrected chi connectivity index (χ0v) is 14.2. The molecule has 0 unspecified atom stereocenters.